The van der Waals surface area contributed by atoms with Gasteiger partial charge < -0.3 is 15.0 Å². The van der Waals surface area contributed by atoms with Crippen LogP contribution in [0.5, 0.6) is 0 Å². The highest BCUT2D eigenvalue weighted by atomic mass is 16.5. The molecular weight excluding hydrogens is 216 g/mol. The lowest BCUT2D eigenvalue weighted by Crippen LogP contribution is -2.22. The summed E-state index contributed by atoms with van der Waals surface area (Å²) in [6.45, 7) is 2.09. The number of nitrogens with two attached hydrogens (primary N) is 1. The Balaban J connectivity index is 2.25. The van der Waals surface area contributed by atoms with E-state index in [1.165, 1.54) is 0 Å². The first-order valence-electron chi connectivity index (χ1n) is 5.69. The number of hydrogen-bond acceptors (Lipinski definition) is 3. The standard InChI is InChI=1S/C13H16N2O2/c14-7-9-17-10-8-15-12-4-2-1-3-11(12)5-6-13(15)16/h1-6H,7-10,14H2. The maximum atomic E-state index is 11.8. The van der Waals surface area contributed by atoms with Gasteiger partial charge in [0, 0.05) is 19.2 Å². The molecule has 2 rings (SSSR count). The van der Waals surface area contributed by atoms with Gasteiger partial charge in [-0.3, -0.25) is 4.79 Å². The highest BCUT2D eigenvalue weighted by Gasteiger charge is 2.01. The molecule has 17 heavy (non-hydrogen) atoms. The zero-order valence-corrected chi connectivity index (χ0v) is 9.63. The van der Waals surface area contributed by atoms with E-state index in [9.17, 15) is 4.79 Å². The molecule has 4 heteroatoms. The fourth-order valence-electron chi connectivity index (χ4n) is 1.82. The molecule has 0 aliphatic rings. The van der Waals surface area contributed by atoms with E-state index >= 15 is 0 Å². The molecular formula is C13H16N2O2. The van der Waals surface area contributed by atoms with E-state index in [1.807, 2.05) is 30.3 Å². The minimum absolute atomic E-state index is 0.0000449. The van der Waals surface area contributed by atoms with Gasteiger partial charge in [-0.1, -0.05) is 18.2 Å². The maximum Gasteiger partial charge on any atom is 0.251 e. The summed E-state index contributed by atoms with van der Waals surface area (Å²) in [6.07, 6.45) is 0. The zero-order valence-electron chi connectivity index (χ0n) is 9.63. The Morgan fingerprint density at radius 2 is 1.94 bits per heavy atom. The minimum Gasteiger partial charge on any atom is -0.378 e. The van der Waals surface area contributed by atoms with Crippen molar-refractivity contribution in [1.82, 2.24) is 4.57 Å². The molecule has 0 spiro atoms. The quantitative estimate of drug-likeness (QED) is 0.782. The fraction of sp³-hybridized carbons (Fsp3) is 0.308. The van der Waals surface area contributed by atoms with E-state index in [0.29, 0.717) is 26.3 Å². The third-order valence-electron chi connectivity index (χ3n) is 2.62. The third-order valence-corrected chi connectivity index (χ3v) is 2.62. The number of hydrogen-bond donors (Lipinski definition) is 1. The van der Waals surface area contributed by atoms with E-state index in [0.717, 1.165) is 10.9 Å². The first-order chi connectivity index (χ1) is 8.33. The highest BCUT2D eigenvalue weighted by molar-refractivity contribution is 5.78. The minimum atomic E-state index is 0.0000449. The largest absolute Gasteiger partial charge is 0.378 e. The number of para-hydroxylation sites is 1. The summed E-state index contributed by atoms with van der Waals surface area (Å²) >= 11 is 0. The molecule has 0 bridgehead atoms. The molecule has 0 aliphatic heterocycles. The predicted molar refractivity (Wildman–Crippen MR) is 68.1 cm³/mol. The van der Waals surface area contributed by atoms with Crippen LogP contribution in [-0.2, 0) is 11.3 Å². The molecule has 1 aromatic heterocycles. The molecule has 4 nitrogen and oxygen atoms in total. The molecule has 0 atom stereocenters. The summed E-state index contributed by atoms with van der Waals surface area (Å²) in [5.74, 6) is 0. The highest BCUT2D eigenvalue weighted by Crippen LogP contribution is 2.10. The van der Waals surface area contributed by atoms with Crippen LogP contribution in [0.2, 0.25) is 0 Å². The molecule has 0 radical (unpaired) electrons. The number of pyridine rings is 1. The van der Waals surface area contributed by atoms with Gasteiger partial charge in [-0.25, -0.2) is 0 Å². The van der Waals surface area contributed by atoms with Crippen molar-refractivity contribution in [3.63, 3.8) is 0 Å². The predicted octanol–water partition coefficient (Wildman–Crippen LogP) is 0.977. The Morgan fingerprint density at radius 1 is 1.12 bits per heavy atom. The molecule has 0 saturated carbocycles. The lowest BCUT2D eigenvalue weighted by atomic mass is 10.2. The van der Waals surface area contributed by atoms with E-state index in [1.54, 1.807) is 10.6 Å². The first-order valence-corrected chi connectivity index (χ1v) is 5.69. The fourth-order valence-corrected chi connectivity index (χ4v) is 1.82. The Labute approximate surface area is 99.6 Å². The molecule has 0 amide bonds. The number of ether oxygens (including phenoxy) is 1. The van der Waals surface area contributed by atoms with Gasteiger partial charge in [0.1, 0.15) is 0 Å². The Morgan fingerprint density at radius 3 is 2.76 bits per heavy atom. The molecule has 0 fully saturated rings. The molecule has 1 heterocycles. The van der Waals surface area contributed by atoms with Crippen LogP contribution in [0.1, 0.15) is 0 Å². The topological polar surface area (TPSA) is 57.2 Å². The van der Waals surface area contributed by atoms with Gasteiger partial charge in [0.25, 0.3) is 5.56 Å². The Kier molecular flexibility index (Phi) is 3.90. The van der Waals surface area contributed by atoms with E-state index in [-0.39, 0.29) is 5.56 Å². The van der Waals surface area contributed by atoms with E-state index in [4.69, 9.17) is 10.5 Å². The van der Waals surface area contributed by atoms with Crippen LogP contribution < -0.4 is 11.3 Å². The van der Waals surface area contributed by atoms with E-state index in [2.05, 4.69) is 0 Å². The SMILES string of the molecule is NCCOCCn1c(=O)ccc2ccccc21. The van der Waals surface area contributed by atoms with Crippen molar-refractivity contribution in [3.05, 3.63) is 46.8 Å². The lowest BCUT2D eigenvalue weighted by molar-refractivity contribution is 0.133. The normalized spacial score (nSPS) is 10.9. The van der Waals surface area contributed by atoms with Crippen LogP contribution in [0.15, 0.2) is 41.2 Å². The van der Waals surface area contributed by atoms with Crippen molar-refractivity contribution in [2.75, 3.05) is 19.8 Å². The maximum absolute atomic E-state index is 11.8. The average molecular weight is 232 g/mol. The molecule has 0 aliphatic carbocycles. The lowest BCUT2D eigenvalue weighted by Gasteiger charge is -2.09. The van der Waals surface area contributed by atoms with Crippen LogP contribution >= 0.6 is 0 Å². The zero-order chi connectivity index (χ0) is 12.1. The second-order valence-electron chi connectivity index (χ2n) is 3.78. The summed E-state index contributed by atoms with van der Waals surface area (Å²) in [5, 5.41) is 1.06. The second-order valence-corrected chi connectivity index (χ2v) is 3.78. The van der Waals surface area contributed by atoms with Crippen molar-refractivity contribution in [2.45, 2.75) is 6.54 Å². The van der Waals surface area contributed by atoms with Crippen LogP contribution in [-0.4, -0.2) is 24.3 Å². The molecule has 0 unspecified atom stereocenters. The monoisotopic (exact) mass is 232 g/mol. The number of benzene rings is 1. The summed E-state index contributed by atoms with van der Waals surface area (Å²) in [6, 6.07) is 11.3. The van der Waals surface area contributed by atoms with Crippen molar-refractivity contribution >= 4 is 10.9 Å². The van der Waals surface area contributed by atoms with E-state index < -0.39 is 0 Å². The summed E-state index contributed by atoms with van der Waals surface area (Å²) in [7, 11) is 0. The summed E-state index contributed by atoms with van der Waals surface area (Å²) in [4.78, 5) is 11.8. The van der Waals surface area contributed by atoms with Crippen LogP contribution in [0.4, 0.5) is 0 Å². The molecule has 2 aromatic rings. The number of aromatic nitrogens is 1. The first kappa shape index (κ1) is 11.8. The second kappa shape index (κ2) is 5.61. The van der Waals surface area contributed by atoms with Gasteiger partial charge in [-0.2, -0.15) is 0 Å². The molecule has 1 aromatic carbocycles. The molecule has 2 N–H and O–H groups in total. The Hall–Kier alpha value is -1.65. The summed E-state index contributed by atoms with van der Waals surface area (Å²) in [5.41, 5.74) is 6.28. The third kappa shape index (κ3) is 2.72. The van der Waals surface area contributed by atoms with Crippen molar-refractivity contribution in [2.24, 2.45) is 5.73 Å². The van der Waals surface area contributed by atoms with Gasteiger partial charge in [-0.15, -0.1) is 0 Å². The number of nitrogens with zero attached hydrogens (tertiary/aromatic N) is 1. The Bertz CT molecular complexity index is 548. The van der Waals surface area contributed by atoms with Crippen molar-refractivity contribution in [3.8, 4) is 0 Å². The van der Waals surface area contributed by atoms with Crippen molar-refractivity contribution in [1.29, 1.82) is 0 Å². The molecule has 90 valence electrons. The number of rotatable bonds is 5. The number of fused-ring (bicyclic) bond motifs is 1. The van der Waals surface area contributed by atoms with Crippen LogP contribution in [0.25, 0.3) is 10.9 Å². The van der Waals surface area contributed by atoms with Gasteiger partial charge in [0.05, 0.1) is 18.7 Å². The average Bonchev–Trinajstić information content (AvgIpc) is 2.37. The van der Waals surface area contributed by atoms with Crippen molar-refractivity contribution < 1.29 is 4.74 Å². The van der Waals surface area contributed by atoms with Gasteiger partial charge in [0.2, 0.25) is 0 Å². The van der Waals surface area contributed by atoms with Gasteiger partial charge in [-0.05, 0) is 17.5 Å². The molecule has 0 saturated heterocycles. The van der Waals surface area contributed by atoms with Gasteiger partial charge >= 0.3 is 0 Å². The summed E-state index contributed by atoms with van der Waals surface area (Å²) < 4.78 is 7.03. The van der Waals surface area contributed by atoms with Crippen LogP contribution in [0, 0.1) is 0 Å². The smallest absolute Gasteiger partial charge is 0.251 e. The van der Waals surface area contributed by atoms with Crippen LogP contribution in [0.3, 0.4) is 0 Å². The van der Waals surface area contributed by atoms with Gasteiger partial charge in [0.15, 0.2) is 0 Å².